The monoisotopic (exact) mass is 447 g/mol. The lowest BCUT2D eigenvalue weighted by molar-refractivity contribution is 0.0137. The molecule has 1 saturated heterocycles. The SMILES string of the molecule is Nc1ncnc2c1ncn2C1C[C@H](OCc2ccccc2)[C@H](COCc2ccccc2)S1. The van der Waals surface area contributed by atoms with E-state index in [9.17, 15) is 0 Å². The number of fused-ring (bicyclic) bond motifs is 1. The van der Waals surface area contributed by atoms with E-state index in [2.05, 4.69) is 43.8 Å². The van der Waals surface area contributed by atoms with Gasteiger partial charge in [-0.05, 0) is 11.1 Å². The molecule has 0 saturated carbocycles. The molecule has 2 N–H and O–H groups in total. The van der Waals surface area contributed by atoms with Gasteiger partial charge in [0.25, 0.3) is 0 Å². The zero-order valence-corrected chi connectivity index (χ0v) is 18.4. The second-order valence-corrected chi connectivity index (χ2v) is 9.21. The molecule has 2 aromatic heterocycles. The molecule has 0 spiro atoms. The zero-order valence-electron chi connectivity index (χ0n) is 17.6. The quantitative estimate of drug-likeness (QED) is 0.433. The Morgan fingerprint density at radius 2 is 1.66 bits per heavy atom. The summed E-state index contributed by atoms with van der Waals surface area (Å²) in [4.78, 5) is 12.9. The molecule has 3 heterocycles. The lowest BCUT2D eigenvalue weighted by Gasteiger charge is -2.19. The molecule has 2 aromatic carbocycles. The predicted octanol–water partition coefficient (Wildman–Crippen LogP) is 4.21. The standard InChI is InChI=1S/C24H25N5O2S/c25-23-22-24(27-15-26-23)29(16-28-22)21-11-19(31-13-18-9-5-2-6-10-18)20(32-21)14-30-12-17-7-3-1-4-8-17/h1-10,15-16,19-21H,11-14H2,(H2,25,26,27)/t19-,20-,21?/m0/s1. The van der Waals surface area contributed by atoms with Crippen molar-refractivity contribution >= 4 is 28.7 Å². The van der Waals surface area contributed by atoms with Crippen LogP contribution in [0.4, 0.5) is 5.82 Å². The van der Waals surface area contributed by atoms with E-state index in [0.717, 1.165) is 12.1 Å². The number of imidazole rings is 1. The molecule has 164 valence electrons. The first-order chi connectivity index (χ1) is 15.8. The van der Waals surface area contributed by atoms with Gasteiger partial charge in [-0.1, -0.05) is 60.7 Å². The molecule has 0 amide bonds. The van der Waals surface area contributed by atoms with Crippen molar-refractivity contribution in [1.29, 1.82) is 0 Å². The van der Waals surface area contributed by atoms with Crippen molar-refractivity contribution in [2.24, 2.45) is 0 Å². The minimum Gasteiger partial charge on any atom is -0.382 e. The first-order valence-electron chi connectivity index (χ1n) is 10.6. The maximum Gasteiger partial charge on any atom is 0.166 e. The van der Waals surface area contributed by atoms with Crippen LogP contribution in [0.3, 0.4) is 0 Å². The van der Waals surface area contributed by atoms with Crippen molar-refractivity contribution in [3.8, 4) is 0 Å². The molecular formula is C24H25N5O2S. The first-order valence-corrected chi connectivity index (χ1v) is 11.6. The number of aromatic nitrogens is 4. The van der Waals surface area contributed by atoms with Crippen molar-refractivity contribution in [3.05, 3.63) is 84.4 Å². The van der Waals surface area contributed by atoms with Gasteiger partial charge in [-0.25, -0.2) is 15.0 Å². The van der Waals surface area contributed by atoms with E-state index in [1.54, 1.807) is 6.33 Å². The van der Waals surface area contributed by atoms with Crippen molar-refractivity contribution in [1.82, 2.24) is 19.5 Å². The van der Waals surface area contributed by atoms with Crippen LogP contribution in [0.5, 0.6) is 0 Å². The third kappa shape index (κ3) is 4.62. The van der Waals surface area contributed by atoms with E-state index in [-0.39, 0.29) is 16.7 Å². The molecule has 5 rings (SSSR count). The van der Waals surface area contributed by atoms with Gasteiger partial charge in [0.15, 0.2) is 11.5 Å². The van der Waals surface area contributed by atoms with Crippen molar-refractivity contribution in [2.75, 3.05) is 12.3 Å². The van der Waals surface area contributed by atoms with E-state index in [0.29, 0.717) is 31.2 Å². The van der Waals surface area contributed by atoms with Crippen molar-refractivity contribution in [2.45, 2.75) is 36.4 Å². The lowest BCUT2D eigenvalue weighted by atomic mass is 10.1. The highest BCUT2D eigenvalue weighted by Gasteiger charge is 2.37. The summed E-state index contributed by atoms with van der Waals surface area (Å²) in [5.74, 6) is 0.399. The highest BCUT2D eigenvalue weighted by molar-refractivity contribution is 8.00. The molecule has 8 heteroatoms. The second-order valence-electron chi connectivity index (χ2n) is 7.78. The molecule has 0 aliphatic carbocycles. The summed E-state index contributed by atoms with van der Waals surface area (Å²) >= 11 is 1.84. The molecule has 32 heavy (non-hydrogen) atoms. The third-order valence-corrected chi connectivity index (χ3v) is 7.10. The Labute approximate surface area is 191 Å². The third-order valence-electron chi connectivity index (χ3n) is 5.58. The number of nitrogen functional groups attached to an aromatic ring is 1. The van der Waals surface area contributed by atoms with E-state index in [4.69, 9.17) is 15.2 Å². The normalized spacial score (nSPS) is 20.7. The van der Waals surface area contributed by atoms with Gasteiger partial charge < -0.3 is 19.8 Å². The largest absolute Gasteiger partial charge is 0.382 e. The van der Waals surface area contributed by atoms with Crippen LogP contribution in [-0.4, -0.2) is 37.5 Å². The number of hydrogen-bond acceptors (Lipinski definition) is 7. The van der Waals surface area contributed by atoms with E-state index in [1.165, 1.54) is 17.5 Å². The number of hydrogen-bond donors (Lipinski definition) is 1. The summed E-state index contributed by atoms with van der Waals surface area (Å²) in [6.07, 6.45) is 4.18. The van der Waals surface area contributed by atoms with Gasteiger partial charge in [-0.15, -0.1) is 11.8 Å². The zero-order chi connectivity index (χ0) is 21.8. The Bertz CT molecular complexity index is 1160. The van der Waals surface area contributed by atoms with Gasteiger partial charge in [-0.2, -0.15) is 0 Å². The molecule has 1 aliphatic heterocycles. The molecular weight excluding hydrogens is 422 g/mol. The molecule has 1 unspecified atom stereocenters. The number of rotatable bonds is 8. The van der Waals surface area contributed by atoms with Crippen LogP contribution in [-0.2, 0) is 22.7 Å². The van der Waals surface area contributed by atoms with E-state index in [1.807, 2.05) is 48.2 Å². The maximum atomic E-state index is 6.38. The van der Waals surface area contributed by atoms with Crippen LogP contribution in [0.25, 0.3) is 11.2 Å². The number of anilines is 1. The molecule has 3 atom stereocenters. The summed E-state index contributed by atoms with van der Waals surface area (Å²) in [5, 5.41) is 0.337. The van der Waals surface area contributed by atoms with Gasteiger partial charge in [0.1, 0.15) is 11.8 Å². The minimum atomic E-state index is 0.0533. The fraction of sp³-hybridized carbons (Fsp3) is 0.292. The summed E-state index contributed by atoms with van der Waals surface area (Å²) in [6.45, 7) is 1.78. The summed E-state index contributed by atoms with van der Waals surface area (Å²) in [6, 6.07) is 20.5. The Morgan fingerprint density at radius 1 is 0.938 bits per heavy atom. The summed E-state index contributed by atoms with van der Waals surface area (Å²) in [7, 11) is 0. The van der Waals surface area contributed by atoms with Gasteiger partial charge in [0.2, 0.25) is 0 Å². The average Bonchev–Trinajstić information content (AvgIpc) is 3.44. The Balaban J connectivity index is 1.30. The second kappa shape index (κ2) is 9.68. The van der Waals surface area contributed by atoms with Crippen LogP contribution in [0.1, 0.15) is 22.9 Å². The maximum absolute atomic E-state index is 6.38. The van der Waals surface area contributed by atoms with Gasteiger partial charge >= 0.3 is 0 Å². The molecule has 7 nitrogen and oxygen atoms in total. The van der Waals surface area contributed by atoms with Crippen LogP contribution in [0, 0.1) is 0 Å². The number of nitrogens with zero attached hydrogens (tertiary/aromatic N) is 4. The van der Waals surface area contributed by atoms with Gasteiger partial charge in [0.05, 0.1) is 42.9 Å². The molecule has 0 radical (unpaired) electrons. The Hall–Kier alpha value is -2.94. The van der Waals surface area contributed by atoms with Gasteiger partial charge in [0, 0.05) is 6.42 Å². The average molecular weight is 448 g/mol. The first kappa shape index (κ1) is 20.9. The van der Waals surface area contributed by atoms with Crippen LogP contribution < -0.4 is 5.73 Å². The summed E-state index contributed by atoms with van der Waals surface area (Å²) < 4.78 is 14.5. The smallest absolute Gasteiger partial charge is 0.166 e. The summed E-state index contributed by atoms with van der Waals surface area (Å²) in [5.41, 5.74) is 9.70. The topological polar surface area (TPSA) is 88.1 Å². The van der Waals surface area contributed by atoms with E-state index >= 15 is 0 Å². The lowest BCUT2D eigenvalue weighted by Crippen LogP contribution is -2.26. The van der Waals surface area contributed by atoms with Crippen molar-refractivity contribution < 1.29 is 9.47 Å². The molecule has 1 fully saturated rings. The predicted molar refractivity (Wildman–Crippen MR) is 126 cm³/mol. The minimum absolute atomic E-state index is 0.0533. The van der Waals surface area contributed by atoms with Crippen LogP contribution in [0.2, 0.25) is 0 Å². The molecule has 4 aromatic rings. The highest BCUT2D eigenvalue weighted by Crippen LogP contribution is 2.44. The number of ether oxygens (including phenoxy) is 2. The number of nitrogens with two attached hydrogens (primary N) is 1. The van der Waals surface area contributed by atoms with Gasteiger partial charge in [-0.3, -0.25) is 0 Å². The highest BCUT2D eigenvalue weighted by atomic mass is 32.2. The van der Waals surface area contributed by atoms with Crippen LogP contribution in [0.15, 0.2) is 73.3 Å². The Kier molecular flexibility index (Phi) is 6.34. The fourth-order valence-electron chi connectivity index (χ4n) is 3.92. The number of benzene rings is 2. The molecule has 0 bridgehead atoms. The number of thioether (sulfide) groups is 1. The van der Waals surface area contributed by atoms with E-state index < -0.39 is 0 Å². The Morgan fingerprint density at radius 3 is 2.41 bits per heavy atom. The fourth-order valence-corrected chi connectivity index (χ4v) is 5.45. The molecule has 1 aliphatic rings. The van der Waals surface area contributed by atoms with Crippen molar-refractivity contribution in [3.63, 3.8) is 0 Å². The van der Waals surface area contributed by atoms with Crippen LogP contribution >= 0.6 is 11.8 Å².